The molecule has 1 aliphatic heterocycles. The Bertz CT molecular complexity index is 451. The molecular weight excluding hydrogens is 246 g/mol. The highest BCUT2D eigenvalue weighted by atomic mass is 35.5. The molecule has 1 saturated heterocycles. The number of rotatable bonds is 3. The number of hydrogen-bond acceptors (Lipinski definition) is 3. The minimum Gasteiger partial charge on any atom is -0.368 e. The van der Waals surface area contributed by atoms with Gasteiger partial charge in [0.2, 0.25) is 0 Å². The first-order chi connectivity index (χ1) is 8.76. The lowest BCUT2D eigenvalue weighted by Crippen LogP contribution is -2.40. The van der Waals surface area contributed by atoms with Gasteiger partial charge >= 0.3 is 0 Å². The molecular formula is C14H18ClN3. The first-order valence-corrected chi connectivity index (χ1v) is 6.80. The van der Waals surface area contributed by atoms with Crippen molar-refractivity contribution in [1.82, 2.24) is 0 Å². The van der Waals surface area contributed by atoms with Gasteiger partial charge in [-0.2, -0.15) is 5.26 Å². The molecule has 96 valence electrons. The van der Waals surface area contributed by atoms with E-state index in [9.17, 15) is 0 Å². The molecule has 1 atom stereocenters. The molecule has 1 aromatic rings. The van der Waals surface area contributed by atoms with Gasteiger partial charge in [-0.3, -0.25) is 0 Å². The largest absolute Gasteiger partial charge is 0.368 e. The Morgan fingerprint density at radius 3 is 2.94 bits per heavy atom. The molecule has 1 aromatic carbocycles. The van der Waals surface area contributed by atoms with Gasteiger partial charge in [-0.1, -0.05) is 11.6 Å². The quantitative estimate of drug-likeness (QED) is 0.912. The monoisotopic (exact) mass is 263 g/mol. The topological polar surface area (TPSA) is 53.0 Å². The SMILES string of the molecule is N#Cc1ccc(N2CCCCC2CCN)cc1Cl. The molecule has 0 radical (unpaired) electrons. The minimum absolute atomic E-state index is 0.507. The van der Waals surface area contributed by atoms with E-state index in [1.165, 1.54) is 19.3 Å². The predicted molar refractivity (Wildman–Crippen MR) is 74.8 cm³/mol. The molecule has 1 fully saturated rings. The molecule has 0 saturated carbocycles. The normalized spacial score (nSPS) is 19.6. The highest BCUT2D eigenvalue weighted by Gasteiger charge is 2.22. The molecule has 18 heavy (non-hydrogen) atoms. The zero-order chi connectivity index (χ0) is 13.0. The zero-order valence-corrected chi connectivity index (χ0v) is 11.2. The van der Waals surface area contributed by atoms with Crippen molar-refractivity contribution >= 4 is 17.3 Å². The fourth-order valence-electron chi connectivity index (χ4n) is 2.61. The second kappa shape index (κ2) is 6.08. The minimum atomic E-state index is 0.507. The highest BCUT2D eigenvalue weighted by Crippen LogP contribution is 2.29. The van der Waals surface area contributed by atoms with Crippen molar-refractivity contribution in [3.05, 3.63) is 28.8 Å². The third-order valence-corrected chi connectivity index (χ3v) is 3.84. The van der Waals surface area contributed by atoms with E-state index in [0.29, 0.717) is 23.2 Å². The Balaban J connectivity index is 2.23. The summed E-state index contributed by atoms with van der Waals surface area (Å²) in [4.78, 5) is 2.38. The van der Waals surface area contributed by atoms with Crippen LogP contribution in [0.2, 0.25) is 5.02 Å². The van der Waals surface area contributed by atoms with Gasteiger partial charge in [0.1, 0.15) is 6.07 Å². The van der Waals surface area contributed by atoms with E-state index in [4.69, 9.17) is 22.6 Å². The summed E-state index contributed by atoms with van der Waals surface area (Å²) in [5, 5.41) is 9.43. The van der Waals surface area contributed by atoms with E-state index in [2.05, 4.69) is 11.0 Å². The van der Waals surface area contributed by atoms with Crippen LogP contribution in [0.4, 0.5) is 5.69 Å². The Morgan fingerprint density at radius 1 is 1.44 bits per heavy atom. The summed E-state index contributed by atoms with van der Waals surface area (Å²) in [5.74, 6) is 0. The Kier molecular flexibility index (Phi) is 4.46. The van der Waals surface area contributed by atoms with E-state index in [0.717, 1.165) is 18.7 Å². The van der Waals surface area contributed by atoms with Crippen LogP contribution in [0.1, 0.15) is 31.2 Å². The van der Waals surface area contributed by atoms with E-state index in [1.807, 2.05) is 12.1 Å². The maximum absolute atomic E-state index is 8.89. The maximum atomic E-state index is 8.89. The van der Waals surface area contributed by atoms with Gasteiger partial charge in [-0.05, 0) is 50.4 Å². The lowest BCUT2D eigenvalue weighted by molar-refractivity contribution is 0.442. The third kappa shape index (κ3) is 2.77. The number of halogens is 1. The van der Waals surface area contributed by atoms with Gasteiger partial charge in [-0.25, -0.2) is 0 Å². The summed E-state index contributed by atoms with van der Waals surface area (Å²) in [6, 6.07) is 8.28. The van der Waals surface area contributed by atoms with Crippen molar-refractivity contribution in [3.63, 3.8) is 0 Å². The van der Waals surface area contributed by atoms with Gasteiger partial charge in [0.15, 0.2) is 0 Å². The average Bonchev–Trinajstić information content (AvgIpc) is 2.40. The lowest BCUT2D eigenvalue weighted by Gasteiger charge is -2.37. The van der Waals surface area contributed by atoms with Crippen molar-refractivity contribution in [2.45, 2.75) is 31.7 Å². The van der Waals surface area contributed by atoms with Crippen LogP contribution in [0.25, 0.3) is 0 Å². The Labute approximate surface area is 113 Å². The molecule has 0 bridgehead atoms. The van der Waals surface area contributed by atoms with Crippen LogP contribution in [-0.4, -0.2) is 19.1 Å². The molecule has 2 rings (SSSR count). The van der Waals surface area contributed by atoms with Crippen LogP contribution in [0.15, 0.2) is 18.2 Å². The predicted octanol–water partition coefficient (Wildman–Crippen LogP) is 2.92. The second-order valence-electron chi connectivity index (χ2n) is 4.70. The molecule has 0 amide bonds. The van der Waals surface area contributed by atoms with Crippen LogP contribution in [0, 0.1) is 11.3 Å². The standard InChI is InChI=1S/C14H18ClN3/c15-14-9-13(5-4-11(14)10-17)18-8-2-1-3-12(18)6-7-16/h4-5,9,12H,1-3,6-8,16H2. The van der Waals surface area contributed by atoms with Gasteiger partial charge in [0.05, 0.1) is 10.6 Å². The second-order valence-corrected chi connectivity index (χ2v) is 5.10. The molecule has 2 N–H and O–H groups in total. The molecule has 1 aliphatic rings. The Morgan fingerprint density at radius 2 is 2.28 bits per heavy atom. The number of nitrogens with two attached hydrogens (primary N) is 1. The van der Waals surface area contributed by atoms with Crippen LogP contribution in [0.5, 0.6) is 0 Å². The molecule has 0 aliphatic carbocycles. The van der Waals surface area contributed by atoms with Crippen molar-refractivity contribution < 1.29 is 0 Å². The summed E-state index contributed by atoms with van der Waals surface area (Å²) < 4.78 is 0. The van der Waals surface area contributed by atoms with Gasteiger partial charge in [0, 0.05) is 18.3 Å². The van der Waals surface area contributed by atoms with Crippen LogP contribution >= 0.6 is 11.6 Å². The number of benzene rings is 1. The van der Waals surface area contributed by atoms with Gasteiger partial charge in [-0.15, -0.1) is 0 Å². The first kappa shape index (κ1) is 13.2. The number of piperidine rings is 1. The summed E-state index contributed by atoms with van der Waals surface area (Å²) >= 11 is 6.10. The van der Waals surface area contributed by atoms with Gasteiger partial charge in [0.25, 0.3) is 0 Å². The van der Waals surface area contributed by atoms with Crippen molar-refractivity contribution in [2.24, 2.45) is 5.73 Å². The first-order valence-electron chi connectivity index (χ1n) is 6.42. The van der Waals surface area contributed by atoms with Crippen molar-refractivity contribution in [2.75, 3.05) is 18.0 Å². The van der Waals surface area contributed by atoms with Crippen LogP contribution in [0.3, 0.4) is 0 Å². The Hall–Kier alpha value is -1.24. The summed E-state index contributed by atoms with van der Waals surface area (Å²) in [6.45, 7) is 1.76. The molecule has 1 unspecified atom stereocenters. The van der Waals surface area contributed by atoms with Gasteiger partial charge < -0.3 is 10.6 Å². The van der Waals surface area contributed by atoms with E-state index >= 15 is 0 Å². The molecule has 0 spiro atoms. The average molecular weight is 264 g/mol. The molecule has 1 heterocycles. The lowest BCUT2D eigenvalue weighted by atomic mass is 9.98. The van der Waals surface area contributed by atoms with Crippen molar-refractivity contribution in [3.8, 4) is 6.07 Å². The highest BCUT2D eigenvalue weighted by molar-refractivity contribution is 6.32. The zero-order valence-electron chi connectivity index (χ0n) is 10.4. The molecule has 3 nitrogen and oxygen atoms in total. The van der Waals surface area contributed by atoms with E-state index < -0.39 is 0 Å². The molecule has 4 heteroatoms. The third-order valence-electron chi connectivity index (χ3n) is 3.53. The maximum Gasteiger partial charge on any atom is 0.101 e. The van der Waals surface area contributed by atoms with E-state index in [-0.39, 0.29) is 0 Å². The van der Waals surface area contributed by atoms with E-state index in [1.54, 1.807) is 6.07 Å². The van der Waals surface area contributed by atoms with Crippen LogP contribution < -0.4 is 10.6 Å². The smallest absolute Gasteiger partial charge is 0.101 e. The number of nitrogens with zero attached hydrogens (tertiary/aromatic N) is 2. The number of hydrogen-bond donors (Lipinski definition) is 1. The van der Waals surface area contributed by atoms with Crippen LogP contribution in [-0.2, 0) is 0 Å². The number of anilines is 1. The summed E-state index contributed by atoms with van der Waals surface area (Å²) in [7, 11) is 0. The van der Waals surface area contributed by atoms with Crippen molar-refractivity contribution in [1.29, 1.82) is 5.26 Å². The fourth-order valence-corrected chi connectivity index (χ4v) is 2.82. The summed E-state index contributed by atoms with van der Waals surface area (Å²) in [5.41, 5.74) is 7.32. The number of nitriles is 1. The summed E-state index contributed by atoms with van der Waals surface area (Å²) in [6.07, 6.45) is 4.68. The fraction of sp³-hybridized carbons (Fsp3) is 0.500. The molecule has 0 aromatic heterocycles.